The maximum Gasteiger partial charge on any atom is 0.410 e. The van der Waals surface area contributed by atoms with Crippen LogP contribution in [0.3, 0.4) is 0 Å². The highest BCUT2D eigenvalue weighted by Crippen LogP contribution is 2.39. The van der Waals surface area contributed by atoms with Crippen LogP contribution in [0.25, 0.3) is 0 Å². The van der Waals surface area contributed by atoms with Crippen LogP contribution in [0.2, 0.25) is 0 Å². The van der Waals surface area contributed by atoms with E-state index in [1.807, 2.05) is 25.7 Å². The van der Waals surface area contributed by atoms with Crippen LogP contribution in [-0.4, -0.2) is 29.2 Å². The summed E-state index contributed by atoms with van der Waals surface area (Å²) in [6, 6.07) is 2.64. The number of nitriles is 1. The second-order valence-corrected chi connectivity index (χ2v) is 6.71. The van der Waals surface area contributed by atoms with Crippen LogP contribution in [-0.2, 0) is 4.74 Å². The molecule has 4 nitrogen and oxygen atoms in total. The molecule has 0 spiro atoms. The van der Waals surface area contributed by atoms with E-state index in [1.54, 1.807) is 0 Å². The van der Waals surface area contributed by atoms with E-state index in [-0.39, 0.29) is 18.1 Å². The normalized spacial score (nSPS) is 31.3. The Morgan fingerprint density at radius 3 is 2.63 bits per heavy atom. The van der Waals surface area contributed by atoms with Crippen molar-refractivity contribution < 1.29 is 9.53 Å². The summed E-state index contributed by atoms with van der Waals surface area (Å²) >= 11 is 0. The Morgan fingerprint density at radius 1 is 1.26 bits per heavy atom. The van der Waals surface area contributed by atoms with Crippen molar-refractivity contribution in [2.45, 2.75) is 64.5 Å². The van der Waals surface area contributed by atoms with Crippen molar-refractivity contribution in [1.82, 2.24) is 4.90 Å². The number of carbonyl (C=O) groups is 1. The first-order valence-electron chi connectivity index (χ1n) is 7.31. The zero-order valence-corrected chi connectivity index (χ0v) is 12.2. The smallest absolute Gasteiger partial charge is 0.410 e. The van der Waals surface area contributed by atoms with Gasteiger partial charge in [0.05, 0.1) is 12.0 Å². The van der Waals surface area contributed by atoms with Crippen molar-refractivity contribution >= 4 is 6.09 Å². The molecule has 106 valence electrons. The quantitative estimate of drug-likeness (QED) is 0.674. The van der Waals surface area contributed by atoms with Crippen LogP contribution in [0.5, 0.6) is 0 Å². The minimum absolute atomic E-state index is 0.115. The number of piperidine rings is 1. The fraction of sp³-hybridized carbons (Fsp3) is 0.867. The molecule has 1 saturated heterocycles. The standard InChI is InChI=1S/C15H24N2O2/c1-15(2,3)19-14(18)17-9-5-7-12-11(10-16)6-4-8-13(12)17/h11-13H,4-9H2,1-3H3. The number of nitrogens with zero attached hydrogens (tertiary/aromatic N) is 2. The van der Waals surface area contributed by atoms with Crippen molar-refractivity contribution in [3.63, 3.8) is 0 Å². The van der Waals surface area contributed by atoms with Crippen LogP contribution >= 0.6 is 0 Å². The summed E-state index contributed by atoms with van der Waals surface area (Å²) in [5, 5.41) is 9.26. The molecule has 2 aliphatic rings. The monoisotopic (exact) mass is 264 g/mol. The van der Waals surface area contributed by atoms with E-state index in [4.69, 9.17) is 4.74 Å². The average Bonchev–Trinajstić information content (AvgIpc) is 2.35. The molecule has 1 aliphatic carbocycles. The number of ether oxygens (including phenoxy) is 1. The van der Waals surface area contributed by atoms with Gasteiger partial charge in [-0.2, -0.15) is 5.26 Å². The molecule has 1 amide bonds. The van der Waals surface area contributed by atoms with Gasteiger partial charge in [-0.05, 0) is 52.4 Å². The van der Waals surface area contributed by atoms with E-state index in [2.05, 4.69) is 6.07 Å². The van der Waals surface area contributed by atoms with Crippen LogP contribution in [0.1, 0.15) is 52.9 Å². The van der Waals surface area contributed by atoms with Crippen LogP contribution < -0.4 is 0 Å². The Labute approximate surface area is 115 Å². The molecule has 3 atom stereocenters. The van der Waals surface area contributed by atoms with Gasteiger partial charge in [-0.3, -0.25) is 0 Å². The molecule has 0 bridgehead atoms. The zero-order chi connectivity index (χ0) is 14.0. The maximum atomic E-state index is 12.3. The van der Waals surface area contributed by atoms with Crippen molar-refractivity contribution in [3.05, 3.63) is 0 Å². The highest BCUT2D eigenvalue weighted by molar-refractivity contribution is 5.68. The van der Waals surface area contributed by atoms with Gasteiger partial charge >= 0.3 is 6.09 Å². The molecule has 1 heterocycles. The molecule has 4 heteroatoms. The Morgan fingerprint density at radius 2 is 2.00 bits per heavy atom. The van der Waals surface area contributed by atoms with E-state index in [1.165, 1.54) is 0 Å². The predicted octanol–water partition coefficient (Wildman–Crippen LogP) is 3.33. The van der Waals surface area contributed by atoms with Crippen molar-refractivity contribution in [3.8, 4) is 6.07 Å². The van der Waals surface area contributed by atoms with Gasteiger partial charge in [-0.15, -0.1) is 0 Å². The Bertz CT molecular complexity index is 381. The van der Waals surface area contributed by atoms with Gasteiger partial charge in [0.15, 0.2) is 0 Å². The summed E-state index contributed by atoms with van der Waals surface area (Å²) in [4.78, 5) is 14.2. The Balaban J connectivity index is 2.09. The number of amides is 1. The maximum absolute atomic E-state index is 12.3. The molecular formula is C15H24N2O2. The third kappa shape index (κ3) is 3.20. The lowest BCUT2D eigenvalue weighted by Gasteiger charge is -2.45. The topological polar surface area (TPSA) is 53.3 Å². The Hall–Kier alpha value is -1.24. The average molecular weight is 264 g/mol. The molecule has 1 aliphatic heterocycles. The van der Waals surface area contributed by atoms with Gasteiger partial charge in [-0.1, -0.05) is 6.42 Å². The summed E-state index contributed by atoms with van der Waals surface area (Å²) in [6.07, 6.45) is 4.89. The molecule has 0 radical (unpaired) electrons. The summed E-state index contributed by atoms with van der Waals surface area (Å²) < 4.78 is 5.50. The fourth-order valence-corrected chi connectivity index (χ4v) is 3.39. The molecule has 2 fully saturated rings. The highest BCUT2D eigenvalue weighted by atomic mass is 16.6. The van der Waals surface area contributed by atoms with Gasteiger partial charge in [0, 0.05) is 12.6 Å². The number of fused-ring (bicyclic) bond motifs is 1. The lowest BCUT2D eigenvalue weighted by atomic mass is 9.72. The first-order valence-corrected chi connectivity index (χ1v) is 7.31. The summed E-state index contributed by atoms with van der Waals surface area (Å²) in [7, 11) is 0. The summed E-state index contributed by atoms with van der Waals surface area (Å²) in [6.45, 7) is 6.45. The van der Waals surface area contributed by atoms with Gasteiger partial charge in [0.25, 0.3) is 0 Å². The highest BCUT2D eigenvalue weighted by Gasteiger charge is 2.42. The van der Waals surface area contributed by atoms with Gasteiger partial charge < -0.3 is 9.64 Å². The minimum atomic E-state index is -0.451. The summed E-state index contributed by atoms with van der Waals surface area (Å²) in [5.41, 5.74) is -0.451. The third-order valence-corrected chi connectivity index (χ3v) is 4.16. The molecule has 19 heavy (non-hydrogen) atoms. The van der Waals surface area contributed by atoms with Gasteiger partial charge in [-0.25, -0.2) is 4.79 Å². The molecular weight excluding hydrogens is 240 g/mol. The molecule has 0 N–H and O–H groups in total. The first kappa shape index (κ1) is 14.2. The molecule has 1 saturated carbocycles. The van der Waals surface area contributed by atoms with Crippen molar-refractivity contribution in [2.75, 3.05) is 6.54 Å². The largest absolute Gasteiger partial charge is 0.444 e. The third-order valence-electron chi connectivity index (χ3n) is 4.16. The molecule has 0 aromatic heterocycles. The molecule has 3 unspecified atom stereocenters. The van der Waals surface area contributed by atoms with E-state index >= 15 is 0 Å². The molecule has 0 aromatic carbocycles. The lowest BCUT2D eigenvalue weighted by molar-refractivity contribution is -0.0129. The van der Waals surface area contributed by atoms with Gasteiger partial charge in [0.1, 0.15) is 5.60 Å². The molecule has 0 aromatic rings. The van der Waals surface area contributed by atoms with E-state index in [0.717, 1.165) is 38.6 Å². The fourth-order valence-electron chi connectivity index (χ4n) is 3.39. The van der Waals surface area contributed by atoms with Gasteiger partial charge in [0.2, 0.25) is 0 Å². The van der Waals surface area contributed by atoms with Crippen LogP contribution in [0.4, 0.5) is 4.79 Å². The second-order valence-electron chi connectivity index (χ2n) is 6.71. The number of carbonyl (C=O) groups excluding carboxylic acids is 1. The molecule has 2 rings (SSSR count). The zero-order valence-electron chi connectivity index (χ0n) is 12.2. The van der Waals surface area contributed by atoms with E-state index in [9.17, 15) is 10.1 Å². The minimum Gasteiger partial charge on any atom is -0.444 e. The second kappa shape index (κ2) is 5.40. The predicted molar refractivity (Wildman–Crippen MR) is 72.4 cm³/mol. The van der Waals surface area contributed by atoms with Crippen molar-refractivity contribution in [2.24, 2.45) is 11.8 Å². The number of hydrogen-bond donors (Lipinski definition) is 0. The summed E-state index contributed by atoms with van der Waals surface area (Å²) in [5.74, 6) is 0.462. The SMILES string of the molecule is CC(C)(C)OC(=O)N1CCCC2C(C#N)CCCC21. The Kier molecular flexibility index (Phi) is 4.03. The number of likely N-dealkylation sites (tertiary alicyclic amines) is 1. The number of hydrogen-bond acceptors (Lipinski definition) is 3. The van der Waals surface area contributed by atoms with Crippen LogP contribution in [0.15, 0.2) is 0 Å². The first-order chi connectivity index (χ1) is 8.92. The van der Waals surface area contributed by atoms with Crippen molar-refractivity contribution in [1.29, 1.82) is 5.26 Å². The van der Waals surface area contributed by atoms with Crippen LogP contribution in [0, 0.1) is 23.2 Å². The van der Waals surface area contributed by atoms with E-state index < -0.39 is 5.60 Å². The lowest BCUT2D eigenvalue weighted by Crippen LogP contribution is -2.53. The number of rotatable bonds is 0. The van der Waals surface area contributed by atoms with E-state index in [0.29, 0.717) is 5.92 Å².